The van der Waals surface area contributed by atoms with Gasteiger partial charge in [0.15, 0.2) is 0 Å². The molecule has 0 radical (unpaired) electrons. The molecule has 1 aromatic carbocycles. The number of rotatable bonds is 2. The largest absolute Gasteiger partial charge is 0.431 e. The summed E-state index contributed by atoms with van der Waals surface area (Å²) in [5, 5.41) is 10.3. The number of halogens is 4. The van der Waals surface area contributed by atoms with Crippen LogP contribution in [-0.2, 0) is 4.74 Å². The summed E-state index contributed by atoms with van der Waals surface area (Å²) in [6.45, 7) is 0.782. The summed E-state index contributed by atoms with van der Waals surface area (Å²) in [7, 11) is 0. The highest BCUT2D eigenvalue weighted by molar-refractivity contribution is 5.97. The second-order valence-electron chi connectivity index (χ2n) is 7.46. The second-order valence-corrected chi connectivity index (χ2v) is 7.46. The van der Waals surface area contributed by atoms with E-state index in [1.807, 2.05) is 0 Å². The molecule has 11 heteroatoms. The number of piperidine rings is 1. The number of amides is 1. The van der Waals surface area contributed by atoms with Gasteiger partial charge < -0.3 is 10.1 Å². The second kappa shape index (κ2) is 7.19. The van der Waals surface area contributed by atoms with E-state index in [0.717, 1.165) is 0 Å². The number of ether oxygens (including phenoxy) is 1. The average molecular weight is 435 g/mol. The van der Waals surface area contributed by atoms with Crippen molar-refractivity contribution in [2.24, 2.45) is 0 Å². The number of hydrogen-bond donors (Lipinski definition) is 2. The number of nitrogens with one attached hydrogen (secondary N) is 2. The van der Waals surface area contributed by atoms with E-state index in [-0.39, 0.29) is 29.2 Å². The highest BCUT2D eigenvalue weighted by Crippen LogP contribution is 2.46. The molecule has 2 aliphatic heterocycles. The van der Waals surface area contributed by atoms with Gasteiger partial charge >= 0.3 is 12.3 Å². The lowest BCUT2D eigenvalue weighted by molar-refractivity contribution is -0.206. The molecule has 5 rings (SSSR count). The van der Waals surface area contributed by atoms with Crippen LogP contribution in [0.15, 0.2) is 36.5 Å². The van der Waals surface area contributed by atoms with Crippen molar-refractivity contribution in [3.8, 4) is 11.3 Å². The van der Waals surface area contributed by atoms with Crippen LogP contribution in [0.25, 0.3) is 22.2 Å². The number of cyclic esters (lactones) is 1. The van der Waals surface area contributed by atoms with Crippen molar-refractivity contribution < 1.29 is 27.1 Å². The number of aromatic nitrogens is 3. The van der Waals surface area contributed by atoms with E-state index in [1.165, 1.54) is 12.3 Å². The fraction of sp³-hybridized carbons (Fsp3) is 0.350. The van der Waals surface area contributed by atoms with Crippen LogP contribution >= 0.6 is 0 Å². The highest BCUT2D eigenvalue weighted by Gasteiger charge is 2.49. The number of anilines is 1. The molecule has 0 bridgehead atoms. The predicted molar refractivity (Wildman–Crippen MR) is 103 cm³/mol. The van der Waals surface area contributed by atoms with E-state index in [0.29, 0.717) is 23.9 Å². The van der Waals surface area contributed by atoms with Crippen molar-refractivity contribution in [3.63, 3.8) is 0 Å². The third-order valence-electron chi connectivity index (χ3n) is 5.55. The Bertz CT molecular complexity index is 1160. The van der Waals surface area contributed by atoms with Gasteiger partial charge in [-0.2, -0.15) is 18.3 Å². The van der Waals surface area contributed by atoms with Crippen LogP contribution in [0, 0.1) is 0 Å². The maximum absolute atomic E-state index is 14.7. The molecule has 1 amide bonds. The first kappa shape index (κ1) is 19.7. The van der Waals surface area contributed by atoms with Crippen LogP contribution in [0.3, 0.4) is 0 Å². The van der Waals surface area contributed by atoms with Crippen LogP contribution in [-0.4, -0.2) is 46.3 Å². The quantitative estimate of drug-likeness (QED) is 0.592. The summed E-state index contributed by atoms with van der Waals surface area (Å²) in [5.41, 5.74) is 0.648. The van der Waals surface area contributed by atoms with Gasteiger partial charge in [-0.1, -0.05) is 18.2 Å². The minimum absolute atomic E-state index is 0.117. The van der Waals surface area contributed by atoms with Gasteiger partial charge in [0.1, 0.15) is 17.7 Å². The van der Waals surface area contributed by atoms with Crippen LogP contribution < -0.4 is 10.6 Å². The van der Waals surface area contributed by atoms with Crippen molar-refractivity contribution in [1.29, 1.82) is 0 Å². The smallest absolute Gasteiger partial charge is 0.430 e. The molecule has 3 atom stereocenters. The average Bonchev–Trinajstić information content (AvgIpc) is 3.11. The lowest BCUT2D eigenvalue weighted by atomic mass is 9.97. The molecule has 7 nitrogen and oxygen atoms in total. The fourth-order valence-electron chi connectivity index (χ4n) is 4.19. The Kier molecular flexibility index (Phi) is 4.58. The Morgan fingerprint density at radius 3 is 2.77 bits per heavy atom. The van der Waals surface area contributed by atoms with Crippen molar-refractivity contribution >= 4 is 22.8 Å². The SMILES string of the molecule is O=C1Nc2nccc(-c3nn([C@@H]4CCNC[C@@H]4F)c4ccccc34)c2[C@H](C(F)(F)F)O1. The Hall–Kier alpha value is -3.21. The molecule has 0 aliphatic carbocycles. The summed E-state index contributed by atoms with van der Waals surface area (Å²) < 4.78 is 62.0. The minimum atomic E-state index is -4.85. The van der Waals surface area contributed by atoms with Crippen LogP contribution in [0.2, 0.25) is 0 Å². The summed E-state index contributed by atoms with van der Waals surface area (Å²) in [6.07, 6.45) is -7.97. The van der Waals surface area contributed by atoms with Gasteiger partial charge in [-0.3, -0.25) is 10.00 Å². The molecule has 4 heterocycles. The molecule has 0 spiro atoms. The summed E-state index contributed by atoms with van der Waals surface area (Å²) in [6, 6.07) is 7.83. The van der Waals surface area contributed by atoms with Gasteiger partial charge in [0.25, 0.3) is 0 Å². The fourth-order valence-corrected chi connectivity index (χ4v) is 4.19. The number of para-hydroxylation sites is 1. The van der Waals surface area contributed by atoms with Crippen molar-refractivity contribution in [1.82, 2.24) is 20.1 Å². The lowest BCUT2D eigenvalue weighted by Crippen LogP contribution is -2.39. The number of fused-ring (bicyclic) bond motifs is 2. The molecule has 0 saturated carbocycles. The first-order valence-electron chi connectivity index (χ1n) is 9.70. The van der Waals surface area contributed by atoms with Crippen molar-refractivity contribution in [3.05, 3.63) is 42.1 Å². The number of nitrogens with zero attached hydrogens (tertiary/aromatic N) is 3. The normalized spacial score (nSPS) is 23.9. The van der Waals surface area contributed by atoms with E-state index < -0.39 is 30.6 Å². The molecular formula is C20H17F4N5O2. The Balaban J connectivity index is 1.73. The standard InChI is InChI=1S/C20H17F4N5O2/c21-12-9-25-7-6-14(12)29-13-4-2-1-3-10(13)16(28-29)11-5-8-26-18-15(11)17(20(22,23)24)31-19(30)27-18/h1-5,8,12,14,17,25H,6-7,9H2,(H,26,27,30)/t12-,14+,17+/m0/s1. The van der Waals surface area contributed by atoms with Gasteiger partial charge in [0.2, 0.25) is 6.10 Å². The molecular weight excluding hydrogens is 418 g/mol. The van der Waals surface area contributed by atoms with E-state index in [2.05, 4.69) is 25.5 Å². The topological polar surface area (TPSA) is 81.1 Å². The van der Waals surface area contributed by atoms with Crippen LogP contribution in [0.4, 0.5) is 28.2 Å². The van der Waals surface area contributed by atoms with Crippen molar-refractivity contribution in [2.45, 2.75) is 30.9 Å². The van der Waals surface area contributed by atoms with Crippen LogP contribution in [0.1, 0.15) is 24.1 Å². The maximum atomic E-state index is 14.7. The molecule has 31 heavy (non-hydrogen) atoms. The zero-order valence-corrected chi connectivity index (χ0v) is 16.0. The molecule has 2 aromatic heterocycles. The molecule has 2 aliphatic rings. The summed E-state index contributed by atoms with van der Waals surface area (Å²) in [4.78, 5) is 15.5. The third-order valence-corrected chi connectivity index (χ3v) is 5.55. The Morgan fingerprint density at radius 1 is 1.19 bits per heavy atom. The van der Waals surface area contributed by atoms with E-state index in [4.69, 9.17) is 0 Å². The number of carbonyl (C=O) groups excluding carboxylic acids is 1. The number of carbonyl (C=O) groups is 1. The van der Waals surface area contributed by atoms with Gasteiger partial charge in [-0.15, -0.1) is 0 Å². The molecule has 2 N–H and O–H groups in total. The molecule has 1 fully saturated rings. The first-order valence-corrected chi connectivity index (χ1v) is 9.70. The summed E-state index contributed by atoms with van der Waals surface area (Å²) >= 11 is 0. The maximum Gasteiger partial charge on any atom is 0.430 e. The minimum Gasteiger partial charge on any atom is -0.431 e. The monoisotopic (exact) mass is 435 g/mol. The Morgan fingerprint density at radius 2 is 2.00 bits per heavy atom. The van der Waals surface area contributed by atoms with E-state index in [9.17, 15) is 22.4 Å². The predicted octanol–water partition coefficient (Wildman–Crippen LogP) is 4.14. The van der Waals surface area contributed by atoms with Crippen molar-refractivity contribution in [2.75, 3.05) is 18.4 Å². The van der Waals surface area contributed by atoms with Gasteiger partial charge in [0, 0.05) is 23.7 Å². The van der Waals surface area contributed by atoms with E-state index in [1.54, 1.807) is 28.9 Å². The van der Waals surface area contributed by atoms with Gasteiger partial charge in [0.05, 0.1) is 17.1 Å². The highest BCUT2D eigenvalue weighted by atomic mass is 19.4. The number of pyridine rings is 1. The summed E-state index contributed by atoms with van der Waals surface area (Å²) in [5.74, 6) is -0.236. The molecule has 162 valence electrons. The van der Waals surface area contributed by atoms with E-state index >= 15 is 0 Å². The first-order chi connectivity index (χ1) is 14.8. The zero-order chi connectivity index (χ0) is 21.8. The van der Waals surface area contributed by atoms with Gasteiger partial charge in [-0.05, 0) is 25.1 Å². The molecule has 1 saturated heterocycles. The molecule has 3 aromatic rings. The number of benzene rings is 1. The zero-order valence-electron chi connectivity index (χ0n) is 16.0. The Labute approximate surface area is 173 Å². The van der Waals surface area contributed by atoms with Crippen LogP contribution in [0.5, 0.6) is 0 Å². The number of alkyl halides is 4. The lowest BCUT2D eigenvalue weighted by Gasteiger charge is -2.28. The third kappa shape index (κ3) is 3.29. The van der Waals surface area contributed by atoms with Gasteiger partial charge in [-0.25, -0.2) is 14.2 Å². The molecule has 0 unspecified atom stereocenters. The number of hydrogen-bond acceptors (Lipinski definition) is 5.